The summed E-state index contributed by atoms with van der Waals surface area (Å²) in [5.41, 5.74) is 0. The molecule has 0 aromatic carbocycles. The lowest BCUT2D eigenvalue weighted by Crippen LogP contribution is -2.09. The van der Waals surface area contributed by atoms with Crippen molar-refractivity contribution in [1.82, 2.24) is 9.97 Å². The van der Waals surface area contributed by atoms with Crippen LogP contribution in [-0.2, 0) is 0 Å². The van der Waals surface area contributed by atoms with E-state index in [9.17, 15) is 0 Å². The molecule has 0 aliphatic rings. The van der Waals surface area contributed by atoms with Crippen molar-refractivity contribution in [3.63, 3.8) is 0 Å². The summed E-state index contributed by atoms with van der Waals surface area (Å²) in [7, 11) is 0. The number of hydrogen-bond acceptors (Lipinski definition) is 6. The Morgan fingerprint density at radius 1 is 1.28 bits per heavy atom. The Hall–Kier alpha value is -1.40. The molecule has 2 aromatic rings. The second kappa shape index (κ2) is 6.51. The molecular formula is C12H18N4OS. The number of fused-ring (bicyclic) bond motifs is 1. The summed E-state index contributed by atoms with van der Waals surface area (Å²) in [6, 6.07) is 2.02. The number of aliphatic hydroxyl groups is 1. The first-order valence-electron chi connectivity index (χ1n) is 6.19. The molecule has 0 aliphatic heterocycles. The fourth-order valence-corrected chi connectivity index (χ4v) is 2.36. The highest BCUT2D eigenvalue weighted by molar-refractivity contribution is 7.16. The van der Waals surface area contributed by atoms with Crippen LogP contribution in [0.15, 0.2) is 11.4 Å². The van der Waals surface area contributed by atoms with Gasteiger partial charge >= 0.3 is 0 Å². The van der Waals surface area contributed by atoms with Crippen LogP contribution in [0.1, 0.15) is 19.8 Å². The van der Waals surface area contributed by atoms with Crippen molar-refractivity contribution in [3.8, 4) is 0 Å². The van der Waals surface area contributed by atoms with E-state index >= 15 is 0 Å². The zero-order chi connectivity index (χ0) is 12.8. The van der Waals surface area contributed by atoms with Crippen molar-refractivity contribution in [1.29, 1.82) is 0 Å². The second-order valence-corrected chi connectivity index (χ2v) is 4.86. The van der Waals surface area contributed by atoms with Crippen molar-refractivity contribution >= 4 is 33.3 Å². The van der Waals surface area contributed by atoms with E-state index in [0.717, 1.165) is 29.0 Å². The zero-order valence-corrected chi connectivity index (χ0v) is 11.3. The minimum absolute atomic E-state index is 0.186. The molecule has 6 heteroatoms. The summed E-state index contributed by atoms with van der Waals surface area (Å²) >= 11 is 1.61. The number of thiophene rings is 1. The molecule has 0 amide bonds. The van der Waals surface area contributed by atoms with Gasteiger partial charge in [-0.05, 0) is 24.3 Å². The lowest BCUT2D eigenvalue weighted by atomic mass is 10.3. The van der Waals surface area contributed by atoms with Gasteiger partial charge in [-0.2, -0.15) is 4.98 Å². The Kier molecular flexibility index (Phi) is 4.72. The summed E-state index contributed by atoms with van der Waals surface area (Å²) in [5.74, 6) is 1.51. The Labute approximate surface area is 110 Å². The molecule has 2 heterocycles. The van der Waals surface area contributed by atoms with Crippen LogP contribution in [0.3, 0.4) is 0 Å². The predicted molar refractivity (Wildman–Crippen MR) is 76.4 cm³/mol. The minimum atomic E-state index is 0.186. The molecule has 2 aromatic heterocycles. The van der Waals surface area contributed by atoms with Crippen molar-refractivity contribution in [2.45, 2.75) is 19.8 Å². The maximum Gasteiger partial charge on any atom is 0.226 e. The van der Waals surface area contributed by atoms with Crippen molar-refractivity contribution in [2.75, 3.05) is 30.3 Å². The summed E-state index contributed by atoms with van der Waals surface area (Å²) in [6.45, 7) is 3.88. The molecule has 0 radical (unpaired) electrons. The van der Waals surface area contributed by atoms with Crippen LogP contribution < -0.4 is 10.6 Å². The predicted octanol–water partition coefficient (Wildman–Crippen LogP) is 2.31. The van der Waals surface area contributed by atoms with E-state index in [-0.39, 0.29) is 6.61 Å². The van der Waals surface area contributed by atoms with Gasteiger partial charge in [0, 0.05) is 19.7 Å². The number of aromatic nitrogens is 2. The van der Waals surface area contributed by atoms with Gasteiger partial charge in [0.2, 0.25) is 5.95 Å². The highest BCUT2D eigenvalue weighted by atomic mass is 32.1. The van der Waals surface area contributed by atoms with Gasteiger partial charge in [0.1, 0.15) is 10.6 Å². The third-order valence-electron chi connectivity index (χ3n) is 2.49. The number of nitrogens with zero attached hydrogens (tertiary/aromatic N) is 2. The molecule has 18 heavy (non-hydrogen) atoms. The van der Waals surface area contributed by atoms with Gasteiger partial charge in [-0.15, -0.1) is 11.3 Å². The average molecular weight is 266 g/mol. The largest absolute Gasteiger partial charge is 0.396 e. The van der Waals surface area contributed by atoms with Crippen LogP contribution in [-0.4, -0.2) is 34.8 Å². The van der Waals surface area contributed by atoms with E-state index in [2.05, 4.69) is 27.5 Å². The van der Waals surface area contributed by atoms with E-state index in [1.807, 2.05) is 11.4 Å². The zero-order valence-electron chi connectivity index (χ0n) is 10.4. The van der Waals surface area contributed by atoms with E-state index in [0.29, 0.717) is 18.9 Å². The van der Waals surface area contributed by atoms with E-state index in [1.165, 1.54) is 0 Å². The third kappa shape index (κ3) is 3.08. The van der Waals surface area contributed by atoms with Gasteiger partial charge in [0.25, 0.3) is 0 Å². The summed E-state index contributed by atoms with van der Waals surface area (Å²) in [4.78, 5) is 9.92. The second-order valence-electron chi connectivity index (χ2n) is 3.97. The minimum Gasteiger partial charge on any atom is -0.396 e. The smallest absolute Gasteiger partial charge is 0.226 e. The van der Waals surface area contributed by atoms with Crippen LogP contribution in [0.4, 0.5) is 11.8 Å². The summed E-state index contributed by atoms with van der Waals surface area (Å²) in [6.07, 6.45) is 1.76. The number of anilines is 2. The number of aliphatic hydroxyl groups excluding tert-OH is 1. The highest BCUT2D eigenvalue weighted by Gasteiger charge is 2.07. The highest BCUT2D eigenvalue weighted by Crippen LogP contribution is 2.26. The maximum absolute atomic E-state index is 8.81. The van der Waals surface area contributed by atoms with Crippen LogP contribution in [0.2, 0.25) is 0 Å². The first kappa shape index (κ1) is 13.0. The first-order chi connectivity index (χ1) is 8.85. The lowest BCUT2D eigenvalue weighted by molar-refractivity contribution is 0.292. The number of rotatable bonds is 7. The Balaban J connectivity index is 2.21. The molecule has 0 spiro atoms. The molecule has 0 unspecified atom stereocenters. The number of hydrogen-bond donors (Lipinski definition) is 3. The van der Waals surface area contributed by atoms with Gasteiger partial charge in [-0.25, -0.2) is 4.98 Å². The van der Waals surface area contributed by atoms with Crippen molar-refractivity contribution < 1.29 is 5.11 Å². The Bertz CT molecular complexity index is 500. The SMILES string of the molecule is CCCNc1nc(NCCCO)c2ccsc2n1. The maximum atomic E-state index is 8.81. The summed E-state index contributed by atoms with van der Waals surface area (Å²) in [5, 5.41) is 18.3. The molecule has 2 rings (SSSR count). The number of nitrogens with one attached hydrogen (secondary N) is 2. The average Bonchev–Trinajstić information content (AvgIpc) is 2.85. The molecule has 0 bridgehead atoms. The monoisotopic (exact) mass is 266 g/mol. The molecule has 5 nitrogen and oxygen atoms in total. The van der Waals surface area contributed by atoms with E-state index < -0.39 is 0 Å². The molecule has 0 saturated heterocycles. The molecule has 3 N–H and O–H groups in total. The molecule has 0 fully saturated rings. The molecule has 0 atom stereocenters. The normalized spacial score (nSPS) is 10.8. The standard InChI is InChI=1S/C12H18N4OS/c1-2-5-14-12-15-10(13-6-3-7-17)9-4-8-18-11(9)16-12/h4,8,17H,2-3,5-7H2,1H3,(H2,13,14,15,16). The van der Waals surface area contributed by atoms with Gasteiger partial charge in [-0.1, -0.05) is 6.92 Å². The molecular weight excluding hydrogens is 248 g/mol. The van der Waals surface area contributed by atoms with Gasteiger partial charge in [-0.3, -0.25) is 0 Å². The molecule has 0 saturated carbocycles. The topological polar surface area (TPSA) is 70.1 Å². The Morgan fingerprint density at radius 3 is 2.94 bits per heavy atom. The van der Waals surface area contributed by atoms with Crippen LogP contribution in [0, 0.1) is 0 Å². The fourth-order valence-electron chi connectivity index (χ4n) is 1.59. The summed E-state index contributed by atoms with van der Waals surface area (Å²) < 4.78 is 0. The molecule has 98 valence electrons. The van der Waals surface area contributed by atoms with E-state index in [4.69, 9.17) is 5.11 Å². The van der Waals surface area contributed by atoms with Gasteiger partial charge < -0.3 is 15.7 Å². The first-order valence-corrected chi connectivity index (χ1v) is 7.07. The van der Waals surface area contributed by atoms with Gasteiger partial charge in [0.15, 0.2) is 0 Å². The fraction of sp³-hybridized carbons (Fsp3) is 0.500. The third-order valence-corrected chi connectivity index (χ3v) is 3.29. The van der Waals surface area contributed by atoms with Crippen LogP contribution in [0.25, 0.3) is 10.2 Å². The quantitative estimate of drug-likeness (QED) is 0.671. The lowest BCUT2D eigenvalue weighted by Gasteiger charge is -2.09. The van der Waals surface area contributed by atoms with Crippen molar-refractivity contribution in [3.05, 3.63) is 11.4 Å². The molecule has 0 aliphatic carbocycles. The van der Waals surface area contributed by atoms with Crippen LogP contribution in [0.5, 0.6) is 0 Å². The van der Waals surface area contributed by atoms with Crippen molar-refractivity contribution in [2.24, 2.45) is 0 Å². The van der Waals surface area contributed by atoms with E-state index in [1.54, 1.807) is 11.3 Å². The van der Waals surface area contributed by atoms with Gasteiger partial charge in [0.05, 0.1) is 5.39 Å². The van der Waals surface area contributed by atoms with Crippen LogP contribution >= 0.6 is 11.3 Å². The Morgan fingerprint density at radius 2 is 2.17 bits per heavy atom.